The summed E-state index contributed by atoms with van der Waals surface area (Å²) in [4.78, 5) is 53.2. The highest BCUT2D eigenvalue weighted by molar-refractivity contribution is 9.11. The first-order chi connectivity index (χ1) is 67.9. The van der Waals surface area contributed by atoms with Crippen LogP contribution in [0.5, 0.6) is 0 Å². The van der Waals surface area contributed by atoms with Gasteiger partial charge in [0.2, 0.25) is 0 Å². The molecule has 16 heterocycles. The monoisotopic (exact) mass is 2170 g/mol. The summed E-state index contributed by atoms with van der Waals surface area (Å²) in [5.41, 5.74) is 31.8. The molecule has 734 valence electrons. The normalized spacial score (nSPS) is 28.4. The maximum Gasteiger partial charge on any atom is 0.145 e. The summed E-state index contributed by atoms with van der Waals surface area (Å²) in [6, 6.07) is 38.7. The van der Waals surface area contributed by atoms with Crippen LogP contribution in [0, 0.1) is 21.7 Å². The molecule has 24 rings (SSSR count). The van der Waals surface area contributed by atoms with Crippen LogP contribution in [-0.4, -0.2) is 220 Å². The van der Waals surface area contributed by atoms with Gasteiger partial charge < -0.3 is 122 Å². The number of aliphatic hydroxyl groups is 8. The summed E-state index contributed by atoms with van der Waals surface area (Å²) >= 11 is 13.7. The van der Waals surface area contributed by atoms with Crippen LogP contribution in [0.4, 0.5) is 46.5 Å². The lowest BCUT2D eigenvalue weighted by molar-refractivity contribution is -0.0309. The van der Waals surface area contributed by atoms with Crippen molar-refractivity contribution in [1.29, 1.82) is 0 Å². The average Bonchev–Trinajstić information content (AvgIpc) is 1.59. The van der Waals surface area contributed by atoms with Gasteiger partial charge in [0.1, 0.15) is 119 Å². The Morgan fingerprint density at radius 3 is 0.908 bits per heavy atom. The van der Waals surface area contributed by atoms with Crippen LogP contribution in [-0.2, 0) is 18.9 Å². The summed E-state index contributed by atoms with van der Waals surface area (Å²) in [6.45, 7) is 11.3. The summed E-state index contributed by atoms with van der Waals surface area (Å²) < 4.78 is 35.8. The molecule has 4 saturated carbocycles. The molecule has 16 aromatic rings. The molecule has 20 atom stereocenters. The van der Waals surface area contributed by atoms with Gasteiger partial charge >= 0.3 is 0 Å². The van der Waals surface area contributed by atoms with Gasteiger partial charge in [-0.05, 0) is 237 Å². The number of anilines is 8. The molecule has 0 bridgehead atoms. The molecule has 36 nitrogen and oxygen atoms in total. The Kier molecular flexibility index (Phi) is 26.0. The standard InChI is InChI=1S/2C26H29BrN6O3.C25H27BrN6O3.C24H25BrN6O3/c1-13(2)31-24-16-5-6-33(25(16)30-12-29-24)19-9-26(22(35)21(19)34)10-20(36-11-26)15-4-3-14-7-17(27)23(28)32-18(14)8-15;1-2-6-29-24-16-5-7-33(25(16)31-13-30-24)19-10-26(22(35)21(19)34)11-20(36-12-26)15-4-3-14-8-17(27)23(28)32-18(14)9-15;1-2-28-23-15-5-6-32(24(15)30-12-29-23)18-9-25(21(34)20(18)33)10-19(35-11-25)14-4-3-13-7-16(26)22(27)31-17(13)8-14;1-27-22-14-4-5-31(23(14)29-11-28-22)17-8-24(20(33)19(17)32)9-18(34-10-24)13-3-2-12-6-15(25)21(26)30-16(12)7-13/h3-8,12-13,19-22,34-35H,9-11H2,1-2H3,(H2,28,32)(H,29,30,31);3-5,7-9,13,19-22,34-35H,2,6,10-12H2,1H3,(H2,28,32)(H,29,30,31);3-8,12,18-21,33-34H,2,9-11H2,1H3,(H2,27,31)(H,28,29,30);2-7,11,17-20,32-33H,8-10H2,1H3,(H2,26,30)(H,27,28,29). The van der Waals surface area contributed by atoms with E-state index in [1.165, 1.54) is 25.3 Å². The zero-order valence-corrected chi connectivity index (χ0v) is 84.1. The third-order valence-corrected chi connectivity index (χ3v) is 32.8. The second-order valence-corrected chi connectivity index (χ2v) is 42.7. The highest BCUT2D eigenvalue weighted by Crippen LogP contribution is 2.60. The fourth-order valence-corrected chi connectivity index (χ4v) is 24.3. The molecule has 4 aromatic carbocycles. The van der Waals surface area contributed by atoms with E-state index in [9.17, 15) is 40.9 Å². The third-order valence-electron chi connectivity index (χ3n) is 30.3. The van der Waals surface area contributed by atoms with Crippen LogP contribution >= 0.6 is 63.7 Å². The summed E-state index contributed by atoms with van der Waals surface area (Å²) in [7, 11) is 1.81. The number of aromatic nitrogens is 16. The van der Waals surface area contributed by atoms with E-state index in [0.29, 0.717) is 101 Å². The van der Waals surface area contributed by atoms with Gasteiger partial charge in [0, 0.05) is 94.2 Å². The molecule has 0 radical (unpaired) electrons. The molecular weight excluding hydrogens is 2060 g/mol. The maximum absolute atomic E-state index is 11.2. The zero-order chi connectivity index (χ0) is 98.1. The Hall–Kier alpha value is -11.2. The molecule has 12 aromatic heterocycles. The number of fused-ring (bicyclic) bond motifs is 8. The first-order valence-corrected chi connectivity index (χ1v) is 50.6. The number of nitrogens with two attached hydrogens (primary N) is 4. The minimum atomic E-state index is -0.935. The zero-order valence-electron chi connectivity index (χ0n) is 77.8. The van der Waals surface area contributed by atoms with Crippen molar-refractivity contribution in [2.75, 3.05) is 90.8 Å². The van der Waals surface area contributed by atoms with Crippen molar-refractivity contribution in [3.05, 3.63) is 212 Å². The van der Waals surface area contributed by atoms with Crippen molar-refractivity contribution < 1.29 is 59.8 Å². The molecule has 4 saturated heterocycles. The summed E-state index contributed by atoms with van der Waals surface area (Å²) in [5, 5.41) is 110. The highest BCUT2D eigenvalue weighted by Gasteiger charge is 2.62. The summed E-state index contributed by atoms with van der Waals surface area (Å²) in [6.07, 6.45) is 11.4. The number of rotatable bonds is 16. The van der Waals surface area contributed by atoms with Crippen LogP contribution in [0.1, 0.15) is 156 Å². The van der Waals surface area contributed by atoms with E-state index in [1.807, 2.05) is 178 Å². The molecule has 40 heteroatoms. The Morgan fingerprint density at radius 2 is 0.631 bits per heavy atom. The number of hydrogen-bond donors (Lipinski definition) is 16. The van der Waals surface area contributed by atoms with E-state index in [1.54, 1.807) is 0 Å². The van der Waals surface area contributed by atoms with Crippen molar-refractivity contribution in [1.82, 2.24) is 78.1 Å². The van der Waals surface area contributed by atoms with Gasteiger partial charge in [0.05, 0.1) is 161 Å². The van der Waals surface area contributed by atoms with Crippen LogP contribution in [0.3, 0.4) is 0 Å². The molecule has 20 N–H and O–H groups in total. The SMILES string of the molecule is CC(C)Nc1ncnc2c1ccn2C1CC2(COC(c3ccc4cc(Br)c(N)nc4c3)C2)C(O)C1O.CCCNc1ncnc2c1ccn2C1CC2(COC(c3ccc4cc(Br)c(N)nc4c3)C2)C(O)C1O.CCNc1ncnc2c1ccn2C1CC2(COC(c3ccc4cc(Br)c(N)nc4c3)C2)C(O)C1O.CNc1ncnc2c1ccn2C1CC2(COC(c3ccc4cc(Br)c(N)nc4c3)C2)C(O)C1O. The molecule has 141 heavy (non-hydrogen) atoms. The number of nitrogen functional groups attached to an aromatic ring is 4. The number of pyridine rings is 4. The smallest absolute Gasteiger partial charge is 0.145 e. The molecule has 4 aliphatic carbocycles. The lowest BCUT2D eigenvalue weighted by Gasteiger charge is -2.26. The quantitative estimate of drug-likeness (QED) is 0.0427. The lowest BCUT2D eigenvalue weighted by Crippen LogP contribution is -2.37. The Morgan fingerprint density at radius 1 is 0.362 bits per heavy atom. The van der Waals surface area contributed by atoms with E-state index >= 15 is 0 Å². The second-order valence-electron chi connectivity index (χ2n) is 39.3. The van der Waals surface area contributed by atoms with E-state index < -0.39 is 70.5 Å². The first kappa shape index (κ1) is 96.0. The van der Waals surface area contributed by atoms with Crippen molar-refractivity contribution >= 4 is 198 Å². The number of aliphatic hydroxyl groups excluding tert-OH is 8. The minimum Gasteiger partial charge on any atom is -0.390 e. The first-order valence-electron chi connectivity index (χ1n) is 47.5. The van der Waals surface area contributed by atoms with E-state index in [4.69, 9.17) is 41.9 Å². The number of hydrogen-bond acceptors (Lipinski definition) is 32. The largest absolute Gasteiger partial charge is 0.390 e. The molecule has 4 spiro atoms. The average molecular weight is 2170 g/mol. The third kappa shape index (κ3) is 17.3. The fourth-order valence-electron chi connectivity index (χ4n) is 23.0. The topological polar surface area (TPSA) is 525 Å². The predicted octanol–water partition coefficient (Wildman–Crippen LogP) is 14.7. The maximum atomic E-state index is 11.2. The van der Waals surface area contributed by atoms with Crippen molar-refractivity contribution in [3.8, 4) is 0 Å². The number of nitrogens with one attached hydrogen (secondary N) is 4. The van der Waals surface area contributed by atoms with Crippen LogP contribution in [0.15, 0.2) is 189 Å². The second kappa shape index (κ2) is 38.2. The van der Waals surface area contributed by atoms with E-state index in [2.05, 4.69) is 166 Å². The van der Waals surface area contributed by atoms with E-state index in [0.717, 1.165) is 171 Å². The lowest BCUT2D eigenvalue weighted by atomic mass is 9.80. The highest BCUT2D eigenvalue weighted by atomic mass is 79.9. The van der Waals surface area contributed by atoms with Crippen LogP contribution < -0.4 is 44.2 Å². The van der Waals surface area contributed by atoms with E-state index in [-0.39, 0.29) is 54.6 Å². The van der Waals surface area contributed by atoms with Crippen molar-refractivity contribution in [2.24, 2.45) is 21.7 Å². The molecular formula is C101H110Br4N24O12. The van der Waals surface area contributed by atoms with Gasteiger partial charge in [-0.2, -0.15) is 0 Å². The molecule has 20 unspecified atom stereocenters. The predicted molar refractivity (Wildman–Crippen MR) is 552 cm³/mol. The van der Waals surface area contributed by atoms with Gasteiger partial charge in [0.15, 0.2) is 0 Å². The Labute approximate surface area is 842 Å². The number of ether oxygens (including phenoxy) is 4. The number of halogens is 4. The fraction of sp³-hybridized carbons (Fsp3) is 0.406. The van der Waals surface area contributed by atoms with Gasteiger partial charge in [-0.1, -0.05) is 55.5 Å². The molecule has 4 aliphatic heterocycles. The van der Waals surface area contributed by atoms with Crippen LogP contribution in [0.2, 0.25) is 0 Å². The number of benzene rings is 4. The van der Waals surface area contributed by atoms with Gasteiger partial charge in [0.25, 0.3) is 0 Å². The van der Waals surface area contributed by atoms with Gasteiger partial charge in [-0.3, -0.25) is 0 Å². The van der Waals surface area contributed by atoms with Crippen LogP contribution in [0.25, 0.3) is 87.7 Å². The number of nitrogens with zero attached hydrogens (tertiary/aromatic N) is 16. The van der Waals surface area contributed by atoms with Gasteiger partial charge in [-0.15, -0.1) is 0 Å². The molecule has 0 amide bonds. The Bertz CT molecular complexity index is 7470. The van der Waals surface area contributed by atoms with Crippen molar-refractivity contribution in [3.63, 3.8) is 0 Å². The van der Waals surface area contributed by atoms with Crippen molar-refractivity contribution in [2.45, 2.75) is 189 Å². The minimum absolute atomic E-state index is 0.198. The van der Waals surface area contributed by atoms with Gasteiger partial charge in [-0.25, -0.2) is 59.8 Å². The molecule has 8 aliphatic rings. The summed E-state index contributed by atoms with van der Waals surface area (Å²) in [5.74, 6) is 4.80. The molecule has 8 fully saturated rings. The Balaban J connectivity index is 0.000000111.